The Morgan fingerprint density at radius 3 is 2.83 bits per heavy atom. The van der Waals surface area contributed by atoms with E-state index in [0.717, 1.165) is 23.9 Å². The summed E-state index contributed by atoms with van der Waals surface area (Å²) in [6.45, 7) is 3.07. The first-order chi connectivity index (χ1) is 8.65. The molecule has 1 aliphatic rings. The smallest absolute Gasteiger partial charge is 0.134 e. The zero-order valence-electron chi connectivity index (χ0n) is 9.97. The molecule has 94 valence electrons. The van der Waals surface area contributed by atoms with E-state index in [4.69, 9.17) is 0 Å². The van der Waals surface area contributed by atoms with Crippen LogP contribution in [-0.4, -0.2) is 6.54 Å². The highest BCUT2D eigenvalue weighted by Gasteiger charge is 2.20. The van der Waals surface area contributed by atoms with Crippen molar-refractivity contribution in [2.45, 2.75) is 19.4 Å². The number of halogens is 2. The lowest BCUT2D eigenvalue weighted by Crippen LogP contribution is -2.26. The molecular weight excluding hydrogens is 252 g/mol. The average Bonchev–Trinajstić information content (AvgIpc) is 2.74. The summed E-state index contributed by atoms with van der Waals surface area (Å²) >= 11 is 1.59. The van der Waals surface area contributed by atoms with Crippen LogP contribution < -0.4 is 5.32 Å². The summed E-state index contributed by atoms with van der Waals surface area (Å²) in [4.78, 5) is 2.15. The number of nitrogens with one attached hydrogen (secondary N) is 1. The molecule has 0 spiro atoms. The Morgan fingerprint density at radius 2 is 2.11 bits per heavy atom. The van der Waals surface area contributed by atoms with E-state index in [2.05, 4.69) is 12.2 Å². The van der Waals surface area contributed by atoms with Crippen LogP contribution in [0.25, 0.3) is 10.4 Å². The fraction of sp³-hybridized carbons (Fsp3) is 0.286. The van der Waals surface area contributed by atoms with Gasteiger partial charge < -0.3 is 5.32 Å². The third-order valence-electron chi connectivity index (χ3n) is 3.28. The van der Waals surface area contributed by atoms with Gasteiger partial charge in [-0.05, 0) is 43.7 Å². The topological polar surface area (TPSA) is 12.0 Å². The minimum Gasteiger partial charge on any atom is -0.309 e. The van der Waals surface area contributed by atoms with Crippen LogP contribution in [0.5, 0.6) is 0 Å². The van der Waals surface area contributed by atoms with Crippen LogP contribution in [0.4, 0.5) is 8.78 Å². The summed E-state index contributed by atoms with van der Waals surface area (Å²) in [5, 5.41) is 3.38. The van der Waals surface area contributed by atoms with Crippen LogP contribution in [0.3, 0.4) is 0 Å². The summed E-state index contributed by atoms with van der Waals surface area (Å²) in [5.74, 6) is -1.03. The second kappa shape index (κ2) is 4.44. The summed E-state index contributed by atoms with van der Waals surface area (Å²) in [6.07, 6.45) is 0.971. The van der Waals surface area contributed by atoms with Crippen LogP contribution >= 0.6 is 11.3 Å². The summed E-state index contributed by atoms with van der Waals surface area (Å²) in [5.41, 5.74) is 1.77. The van der Waals surface area contributed by atoms with Crippen molar-refractivity contribution in [3.63, 3.8) is 0 Å². The van der Waals surface area contributed by atoms with E-state index in [0.29, 0.717) is 11.6 Å². The first-order valence-electron chi connectivity index (χ1n) is 5.96. The molecule has 1 N–H and O–H groups in total. The first kappa shape index (κ1) is 11.8. The molecule has 18 heavy (non-hydrogen) atoms. The molecule has 0 fully saturated rings. The van der Waals surface area contributed by atoms with Crippen LogP contribution in [0.15, 0.2) is 24.3 Å². The molecule has 0 aliphatic carbocycles. The van der Waals surface area contributed by atoms with Crippen LogP contribution in [-0.2, 0) is 6.42 Å². The SMILES string of the molecule is CC1NCCc2cc(-c3ccc(F)cc3F)sc21. The maximum atomic E-state index is 13.7. The van der Waals surface area contributed by atoms with Crippen molar-refractivity contribution in [1.82, 2.24) is 5.32 Å². The van der Waals surface area contributed by atoms with Gasteiger partial charge in [0.15, 0.2) is 0 Å². The highest BCUT2D eigenvalue weighted by atomic mass is 32.1. The summed E-state index contributed by atoms with van der Waals surface area (Å²) in [6, 6.07) is 6.11. The Kier molecular flexibility index (Phi) is 2.92. The van der Waals surface area contributed by atoms with E-state index >= 15 is 0 Å². The first-order valence-corrected chi connectivity index (χ1v) is 6.78. The molecule has 1 nitrogen and oxygen atoms in total. The number of thiophene rings is 1. The quantitative estimate of drug-likeness (QED) is 0.824. The van der Waals surface area contributed by atoms with E-state index in [1.807, 2.05) is 6.07 Å². The lowest BCUT2D eigenvalue weighted by atomic mass is 10.0. The van der Waals surface area contributed by atoms with Gasteiger partial charge in [0.25, 0.3) is 0 Å². The lowest BCUT2D eigenvalue weighted by molar-refractivity contribution is 0.551. The molecule has 0 saturated carbocycles. The second-order valence-electron chi connectivity index (χ2n) is 4.55. The van der Waals surface area contributed by atoms with Gasteiger partial charge in [0, 0.05) is 27.4 Å². The predicted molar refractivity (Wildman–Crippen MR) is 69.8 cm³/mol. The summed E-state index contributed by atoms with van der Waals surface area (Å²) < 4.78 is 26.7. The van der Waals surface area contributed by atoms with Crippen molar-refractivity contribution in [1.29, 1.82) is 0 Å². The minimum absolute atomic E-state index is 0.316. The standard InChI is InChI=1S/C14H13F2NS/c1-8-14-9(4-5-17-8)6-13(18-14)11-3-2-10(15)7-12(11)16/h2-3,6-8,17H,4-5H2,1H3. The fourth-order valence-electron chi connectivity index (χ4n) is 2.34. The number of benzene rings is 1. The molecule has 4 heteroatoms. The molecule has 1 aliphatic heterocycles. The number of hydrogen-bond donors (Lipinski definition) is 1. The Morgan fingerprint density at radius 1 is 1.28 bits per heavy atom. The van der Waals surface area contributed by atoms with Crippen molar-refractivity contribution in [3.8, 4) is 10.4 Å². The van der Waals surface area contributed by atoms with Crippen molar-refractivity contribution >= 4 is 11.3 Å². The highest BCUT2D eigenvalue weighted by molar-refractivity contribution is 7.15. The van der Waals surface area contributed by atoms with E-state index in [1.54, 1.807) is 11.3 Å². The number of hydrogen-bond acceptors (Lipinski definition) is 2. The zero-order chi connectivity index (χ0) is 12.7. The molecule has 1 atom stereocenters. The highest BCUT2D eigenvalue weighted by Crippen LogP contribution is 2.37. The van der Waals surface area contributed by atoms with Gasteiger partial charge in [0.1, 0.15) is 11.6 Å². The Hall–Kier alpha value is -1.26. The van der Waals surface area contributed by atoms with Crippen molar-refractivity contribution < 1.29 is 8.78 Å². The molecule has 0 amide bonds. The van der Waals surface area contributed by atoms with Gasteiger partial charge in [0.2, 0.25) is 0 Å². The number of fused-ring (bicyclic) bond motifs is 1. The van der Waals surface area contributed by atoms with Gasteiger partial charge in [-0.15, -0.1) is 11.3 Å². The van der Waals surface area contributed by atoms with Gasteiger partial charge in [-0.1, -0.05) is 0 Å². The monoisotopic (exact) mass is 265 g/mol. The molecular formula is C14H13F2NS. The van der Waals surface area contributed by atoms with Crippen molar-refractivity contribution in [3.05, 3.63) is 46.3 Å². The zero-order valence-corrected chi connectivity index (χ0v) is 10.8. The summed E-state index contributed by atoms with van der Waals surface area (Å²) in [7, 11) is 0. The maximum absolute atomic E-state index is 13.7. The molecule has 1 unspecified atom stereocenters. The maximum Gasteiger partial charge on any atom is 0.134 e. The van der Waals surface area contributed by atoms with Crippen molar-refractivity contribution in [2.24, 2.45) is 0 Å². The predicted octanol–water partition coefficient (Wildman–Crippen LogP) is 3.90. The van der Waals surface area contributed by atoms with Gasteiger partial charge >= 0.3 is 0 Å². The minimum atomic E-state index is -0.535. The third kappa shape index (κ3) is 1.95. The normalized spacial score (nSPS) is 18.7. The molecule has 0 saturated heterocycles. The molecule has 1 aromatic carbocycles. The Labute approximate surface area is 108 Å². The van der Waals surface area contributed by atoms with E-state index in [9.17, 15) is 8.78 Å². The Balaban J connectivity index is 2.07. The van der Waals surface area contributed by atoms with Gasteiger partial charge in [-0.25, -0.2) is 8.78 Å². The Bertz CT molecular complexity index is 591. The molecule has 0 bridgehead atoms. The van der Waals surface area contributed by atoms with E-state index in [1.165, 1.54) is 22.6 Å². The largest absolute Gasteiger partial charge is 0.309 e. The van der Waals surface area contributed by atoms with Crippen LogP contribution in [0.1, 0.15) is 23.4 Å². The lowest BCUT2D eigenvalue weighted by Gasteiger charge is -2.19. The van der Waals surface area contributed by atoms with E-state index < -0.39 is 11.6 Å². The third-order valence-corrected chi connectivity index (χ3v) is 4.67. The van der Waals surface area contributed by atoms with Gasteiger partial charge in [-0.2, -0.15) is 0 Å². The second-order valence-corrected chi connectivity index (χ2v) is 5.63. The van der Waals surface area contributed by atoms with Gasteiger partial charge in [-0.3, -0.25) is 0 Å². The van der Waals surface area contributed by atoms with E-state index in [-0.39, 0.29) is 0 Å². The molecule has 0 radical (unpaired) electrons. The van der Waals surface area contributed by atoms with Crippen LogP contribution in [0.2, 0.25) is 0 Å². The van der Waals surface area contributed by atoms with Gasteiger partial charge in [0.05, 0.1) is 0 Å². The average molecular weight is 265 g/mol. The number of rotatable bonds is 1. The molecule has 3 rings (SSSR count). The molecule has 1 aromatic heterocycles. The molecule has 2 heterocycles. The fourth-order valence-corrected chi connectivity index (χ4v) is 3.61. The van der Waals surface area contributed by atoms with Crippen LogP contribution in [0, 0.1) is 11.6 Å². The van der Waals surface area contributed by atoms with Crippen molar-refractivity contribution in [2.75, 3.05) is 6.54 Å². The molecule has 2 aromatic rings.